The lowest BCUT2D eigenvalue weighted by Crippen LogP contribution is -2.40. The van der Waals surface area contributed by atoms with Gasteiger partial charge in [-0.15, -0.1) is 0 Å². The van der Waals surface area contributed by atoms with E-state index >= 15 is 0 Å². The molecule has 0 aromatic heterocycles. The van der Waals surface area contributed by atoms with Crippen molar-refractivity contribution in [3.05, 3.63) is 0 Å². The molecule has 2 nitrogen and oxygen atoms in total. The van der Waals surface area contributed by atoms with Crippen molar-refractivity contribution in [2.75, 3.05) is 7.05 Å². The monoisotopic (exact) mass is 170 g/mol. The van der Waals surface area contributed by atoms with Crippen LogP contribution in [0.1, 0.15) is 25.7 Å². The highest BCUT2D eigenvalue weighted by Gasteiger charge is 2.40. The molecule has 3 heteroatoms. The molecule has 0 radical (unpaired) electrons. The first-order valence-electron chi connectivity index (χ1n) is 4.33. The minimum absolute atomic E-state index is 0.764. The first-order chi connectivity index (χ1) is 5.33. The second kappa shape index (κ2) is 2.63. The lowest BCUT2D eigenvalue weighted by atomic mass is 10.0. The predicted molar refractivity (Wildman–Crippen MR) is 49.5 cm³/mol. The molecule has 0 spiro atoms. The second-order valence-corrected chi connectivity index (χ2v) is 3.81. The molecule has 1 N–H and O–H groups in total. The van der Waals surface area contributed by atoms with Crippen LogP contribution in [-0.4, -0.2) is 29.1 Å². The van der Waals surface area contributed by atoms with Crippen LogP contribution in [0.2, 0.25) is 0 Å². The molecule has 0 unspecified atom stereocenters. The molecular formula is C8H14N2S. The van der Waals surface area contributed by atoms with Crippen LogP contribution in [0.4, 0.5) is 0 Å². The van der Waals surface area contributed by atoms with Gasteiger partial charge in [0.05, 0.1) is 0 Å². The zero-order valence-corrected chi connectivity index (χ0v) is 7.66. The first kappa shape index (κ1) is 7.35. The summed E-state index contributed by atoms with van der Waals surface area (Å²) in [6.07, 6.45) is 5.41. The number of nitrogens with one attached hydrogen (secondary N) is 1. The van der Waals surface area contributed by atoms with Crippen LogP contribution >= 0.6 is 12.2 Å². The van der Waals surface area contributed by atoms with Crippen LogP contribution in [0.25, 0.3) is 0 Å². The van der Waals surface area contributed by atoms with Gasteiger partial charge in [0.1, 0.15) is 0 Å². The maximum absolute atomic E-state index is 5.22. The van der Waals surface area contributed by atoms with E-state index in [9.17, 15) is 0 Å². The Bertz CT molecular complexity index is 161. The minimum Gasteiger partial charge on any atom is -0.366 e. The number of rotatable bonds is 0. The maximum atomic E-state index is 5.22. The highest BCUT2D eigenvalue weighted by molar-refractivity contribution is 7.80. The quantitative estimate of drug-likeness (QED) is 0.548. The van der Waals surface area contributed by atoms with Crippen molar-refractivity contribution >= 4 is 17.3 Å². The Balaban J connectivity index is 2.09. The molecule has 2 heterocycles. The molecule has 62 valence electrons. The van der Waals surface area contributed by atoms with E-state index in [4.69, 9.17) is 12.2 Å². The zero-order chi connectivity index (χ0) is 7.84. The number of thiocarbonyl (C=S) groups is 1. The Labute approximate surface area is 73.0 Å². The predicted octanol–water partition coefficient (Wildman–Crippen LogP) is 1.12. The van der Waals surface area contributed by atoms with Crippen molar-refractivity contribution < 1.29 is 0 Å². The van der Waals surface area contributed by atoms with Gasteiger partial charge in [0.25, 0.3) is 0 Å². The van der Waals surface area contributed by atoms with Gasteiger partial charge < -0.3 is 10.2 Å². The third-order valence-electron chi connectivity index (χ3n) is 2.90. The van der Waals surface area contributed by atoms with E-state index < -0.39 is 0 Å². The number of nitrogens with zero attached hydrogens (tertiary/aromatic N) is 1. The van der Waals surface area contributed by atoms with Gasteiger partial charge in [-0.05, 0) is 37.9 Å². The molecule has 0 atom stereocenters. The van der Waals surface area contributed by atoms with Gasteiger partial charge >= 0.3 is 0 Å². The molecule has 0 aromatic rings. The van der Waals surface area contributed by atoms with Gasteiger partial charge in [0.15, 0.2) is 5.11 Å². The van der Waals surface area contributed by atoms with Gasteiger partial charge in [0.2, 0.25) is 0 Å². The number of fused-ring (bicyclic) bond motifs is 2. The molecule has 2 aliphatic rings. The average molecular weight is 170 g/mol. The van der Waals surface area contributed by atoms with E-state index in [0.717, 1.165) is 17.2 Å². The van der Waals surface area contributed by atoms with Crippen LogP contribution in [0.15, 0.2) is 0 Å². The summed E-state index contributed by atoms with van der Waals surface area (Å²) in [4.78, 5) is 2.40. The summed E-state index contributed by atoms with van der Waals surface area (Å²) >= 11 is 5.22. The molecule has 0 aromatic carbocycles. The highest BCUT2D eigenvalue weighted by atomic mass is 32.1. The number of hydrogen-bond acceptors (Lipinski definition) is 1. The zero-order valence-electron chi connectivity index (χ0n) is 6.84. The summed E-state index contributed by atoms with van der Waals surface area (Å²) in [6.45, 7) is 0. The van der Waals surface area contributed by atoms with E-state index in [1.54, 1.807) is 0 Å². The molecular weight excluding hydrogens is 156 g/mol. The Hall–Kier alpha value is -0.310. The normalized spacial score (nSPS) is 34.5. The number of hydrogen-bond donors (Lipinski definition) is 1. The molecule has 11 heavy (non-hydrogen) atoms. The van der Waals surface area contributed by atoms with Crippen LogP contribution in [0.5, 0.6) is 0 Å². The third kappa shape index (κ3) is 1.02. The Morgan fingerprint density at radius 1 is 1.27 bits per heavy atom. The lowest BCUT2D eigenvalue weighted by Gasteiger charge is -2.24. The molecule has 2 saturated heterocycles. The Kier molecular flexibility index (Phi) is 1.75. The van der Waals surface area contributed by atoms with Gasteiger partial charge in [-0.3, -0.25) is 0 Å². The summed E-state index contributed by atoms with van der Waals surface area (Å²) in [6, 6.07) is 1.53. The Morgan fingerprint density at radius 2 is 1.73 bits per heavy atom. The van der Waals surface area contributed by atoms with Crippen molar-refractivity contribution in [1.82, 2.24) is 10.2 Å². The lowest BCUT2D eigenvalue weighted by molar-refractivity contribution is 0.396. The molecule has 2 rings (SSSR count). The summed E-state index contributed by atoms with van der Waals surface area (Å²) < 4.78 is 0. The molecule has 2 fully saturated rings. The third-order valence-corrected chi connectivity index (χ3v) is 3.32. The van der Waals surface area contributed by atoms with Crippen molar-refractivity contribution in [2.45, 2.75) is 37.8 Å². The van der Waals surface area contributed by atoms with Crippen LogP contribution in [-0.2, 0) is 0 Å². The van der Waals surface area contributed by atoms with Gasteiger partial charge in [0, 0.05) is 19.1 Å². The van der Waals surface area contributed by atoms with E-state index in [1.165, 1.54) is 25.7 Å². The summed E-state index contributed by atoms with van der Waals surface area (Å²) in [5.41, 5.74) is 0. The SMILES string of the molecule is CNC(=S)N1C2CCC1CC2. The summed E-state index contributed by atoms with van der Waals surface area (Å²) in [7, 11) is 1.92. The molecule has 0 saturated carbocycles. The highest BCUT2D eigenvalue weighted by Crippen LogP contribution is 2.37. The van der Waals surface area contributed by atoms with Crippen molar-refractivity contribution in [2.24, 2.45) is 0 Å². The fraction of sp³-hybridized carbons (Fsp3) is 0.875. The van der Waals surface area contributed by atoms with Crippen LogP contribution in [0, 0.1) is 0 Å². The van der Waals surface area contributed by atoms with Gasteiger partial charge in [-0.1, -0.05) is 0 Å². The minimum atomic E-state index is 0.764. The second-order valence-electron chi connectivity index (χ2n) is 3.42. The van der Waals surface area contributed by atoms with E-state index in [2.05, 4.69) is 10.2 Å². The average Bonchev–Trinajstić information content (AvgIpc) is 2.61. The van der Waals surface area contributed by atoms with E-state index in [0.29, 0.717) is 0 Å². The molecule has 0 aliphatic carbocycles. The molecule has 2 aliphatic heterocycles. The van der Waals surface area contributed by atoms with Gasteiger partial charge in [-0.25, -0.2) is 0 Å². The van der Waals surface area contributed by atoms with Crippen molar-refractivity contribution in [3.63, 3.8) is 0 Å². The van der Waals surface area contributed by atoms with Crippen molar-refractivity contribution in [1.29, 1.82) is 0 Å². The van der Waals surface area contributed by atoms with Crippen LogP contribution in [0.3, 0.4) is 0 Å². The standard InChI is InChI=1S/C8H14N2S/c1-9-8(11)10-6-2-3-7(10)5-4-6/h6-7H,2-5H2,1H3,(H,9,11). The van der Waals surface area contributed by atoms with Crippen LogP contribution < -0.4 is 5.32 Å². The molecule has 0 amide bonds. The van der Waals surface area contributed by atoms with E-state index in [-0.39, 0.29) is 0 Å². The molecule has 2 bridgehead atoms. The first-order valence-corrected chi connectivity index (χ1v) is 4.74. The summed E-state index contributed by atoms with van der Waals surface area (Å²) in [5.74, 6) is 0. The fourth-order valence-electron chi connectivity index (χ4n) is 2.37. The smallest absolute Gasteiger partial charge is 0.169 e. The maximum Gasteiger partial charge on any atom is 0.169 e. The van der Waals surface area contributed by atoms with E-state index in [1.807, 2.05) is 7.05 Å². The largest absolute Gasteiger partial charge is 0.366 e. The summed E-state index contributed by atoms with van der Waals surface area (Å²) in [5, 5.41) is 4.02. The van der Waals surface area contributed by atoms with Gasteiger partial charge in [-0.2, -0.15) is 0 Å². The topological polar surface area (TPSA) is 15.3 Å². The fourth-order valence-corrected chi connectivity index (χ4v) is 2.67. The van der Waals surface area contributed by atoms with Crippen molar-refractivity contribution in [3.8, 4) is 0 Å². The Morgan fingerprint density at radius 3 is 2.09 bits per heavy atom.